The topological polar surface area (TPSA) is 30.7 Å². The van der Waals surface area contributed by atoms with Crippen LogP contribution in [0.1, 0.15) is 17.1 Å². The minimum absolute atomic E-state index is 0.746. The van der Waals surface area contributed by atoms with E-state index in [4.69, 9.17) is 0 Å². The molecule has 2 aromatic rings. The summed E-state index contributed by atoms with van der Waals surface area (Å²) in [5.41, 5.74) is 3.14. The van der Waals surface area contributed by atoms with Crippen LogP contribution in [0, 0.1) is 13.8 Å². The highest BCUT2D eigenvalue weighted by atomic mass is 15.3. The third-order valence-corrected chi connectivity index (χ3v) is 2.04. The van der Waals surface area contributed by atoms with E-state index in [9.17, 15) is 0 Å². The molecular formula is C11H13N3. The minimum atomic E-state index is 0.746. The van der Waals surface area contributed by atoms with Gasteiger partial charge in [-0.25, -0.2) is 0 Å². The Hall–Kier alpha value is -1.64. The molecule has 3 nitrogen and oxygen atoms in total. The van der Waals surface area contributed by atoms with Gasteiger partial charge in [-0.2, -0.15) is 5.10 Å². The second-order valence-electron chi connectivity index (χ2n) is 3.43. The standard InChI is InChI=1S/C11H13N3/c1-9-4-3-5-11(12-9)8-14-7-6-10(2)13-14/h3-7H,8H2,1-2H3. The van der Waals surface area contributed by atoms with E-state index in [-0.39, 0.29) is 0 Å². The third kappa shape index (κ3) is 1.99. The van der Waals surface area contributed by atoms with E-state index >= 15 is 0 Å². The van der Waals surface area contributed by atoms with Crippen molar-refractivity contribution in [3.05, 3.63) is 47.5 Å². The fraction of sp³-hybridized carbons (Fsp3) is 0.273. The molecule has 0 atom stereocenters. The maximum Gasteiger partial charge on any atom is 0.0831 e. The van der Waals surface area contributed by atoms with Crippen molar-refractivity contribution in [2.75, 3.05) is 0 Å². The largest absolute Gasteiger partial charge is 0.266 e. The predicted molar refractivity (Wildman–Crippen MR) is 55.0 cm³/mol. The van der Waals surface area contributed by atoms with Crippen molar-refractivity contribution in [3.8, 4) is 0 Å². The first-order valence-corrected chi connectivity index (χ1v) is 4.66. The molecule has 0 aliphatic rings. The van der Waals surface area contributed by atoms with Crippen LogP contribution >= 0.6 is 0 Å². The SMILES string of the molecule is Cc1cccc(Cn2ccc(C)n2)n1. The first-order valence-electron chi connectivity index (χ1n) is 4.66. The second kappa shape index (κ2) is 3.62. The molecule has 0 N–H and O–H groups in total. The lowest BCUT2D eigenvalue weighted by Gasteiger charge is -2.01. The number of aryl methyl sites for hydroxylation is 2. The minimum Gasteiger partial charge on any atom is -0.266 e. The van der Waals surface area contributed by atoms with Crippen LogP contribution in [0.2, 0.25) is 0 Å². The third-order valence-electron chi connectivity index (χ3n) is 2.04. The van der Waals surface area contributed by atoms with Crippen molar-refractivity contribution >= 4 is 0 Å². The lowest BCUT2D eigenvalue weighted by Crippen LogP contribution is -2.02. The Balaban J connectivity index is 2.18. The van der Waals surface area contributed by atoms with Crippen molar-refractivity contribution < 1.29 is 0 Å². The molecule has 0 saturated carbocycles. The molecular weight excluding hydrogens is 174 g/mol. The zero-order valence-corrected chi connectivity index (χ0v) is 8.44. The van der Waals surface area contributed by atoms with E-state index in [2.05, 4.69) is 10.1 Å². The zero-order valence-electron chi connectivity index (χ0n) is 8.44. The van der Waals surface area contributed by atoms with Crippen molar-refractivity contribution in [2.45, 2.75) is 20.4 Å². The van der Waals surface area contributed by atoms with E-state index in [0.717, 1.165) is 23.6 Å². The molecule has 0 saturated heterocycles. The van der Waals surface area contributed by atoms with E-state index in [0.29, 0.717) is 0 Å². The van der Waals surface area contributed by atoms with Gasteiger partial charge in [0.25, 0.3) is 0 Å². The van der Waals surface area contributed by atoms with Gasteiger partial charge in [-0.1, -0.05) is 6.07 Å². The van der Waals surface area contributed by atoms with Gasteiger partial charge in [-0.15, -0.1) is 0 Å². The molecule has 0 aliphatic carbocycles. The summed E-state index contributed by atoms with van der Waals surface area (Å²) in [4.78, 5) is 4.42. The van der Waals surface area contributed by atoms with Gasteiger partial charge in [-0.05, 0) is 32.0 Å². The summed E-state index contributed by atoms with van der Waals surface area (Å²) in [6, 6.07) is 8.03. The van der Waals surface area contributed by atoms with Gasteiger partial charge in [0.2, 0.25) is 0 Å². The van der Waals surface area contributed by atoms with Gasteiger partial charge in [-0.3, -0.25) is 9.67 Å². The molecule has 2 aromatic heterocycles. The Kier molecular flexibility index (Phi) is 2.31. The van der Waals surface area contributed by atoms with Crippen molar-refractivity contribution in [3.63, 3.8) is 0 Å². The number of rotatable bonds is 2. The van der Waals surface area contributed by atoms with E-state index in [1.807, 2.05) is 49.0 Å². The molecule has 0 aromatic carbocycles. The van der Waals surface area contributed by atoms with Gasteiger partial charge in [0.1, 0.15) is 0 Å². The van der Waals surface area contributed by atoms with Gasteiger partial charge in [0.15, 0.2) is 0 Å². The summed E-state index contributed by atoms with van der Waals surface area (Å²) in [5, 5.41) is 4.31. The fourth-order valence-electron chi connectivity index (χ4n) is 1.40. The smallest absolute Gasteiger partial charge is 0.0831 e. The first kappa shape index (κ1) is 8.94. The van der Waals surface area contributed by atoms with Crippen molar-refractivity contribution in [1.29, 1.82) is 0 Å². The lowest BCUT2D eigenvalue weighted by molar-refractivity contribution is 0.664. The molecule has 72 valence electrons. The highest BCUT2D eigenvalue weighted by Crippen LogP contribution is 2.01. The molecule has 0 fully saturated rings. The van der Waals surface area contributed by atoms with Crippen LogP contribution < -0.4 is 0 Å². The zero-order chi connectivity index (χ0) is 9.97. The quantitative estimate of drug-likeness (QED) is 0.719. The average molecular weight is 187 g/mol. The summed E-state index contributed by atoms with van der Waals surface area (Å²) in [6.45, 7) is 4.73. The predicted octanol–water partition coefficient (Wildman–Crippen LogP) is 1.94. The number of nitrogens with zero attached hydrogens (tertiary/aromatic N) is 3. The Labute approximate surface area is 83.4 Å². The number of aromatic nitrogens is 3. The average Bonchev–Trinajstić information content (AvgIpc) is 2.51. The van der Waals surface area contributed by atoms with Gasteiger partial charge < -0.3 is 0 Å². The van der Waals surface area contributed by atoms with Gasteiger partial charge in [0, 0.05) is 11.9 Å². The Morgan fingerprint density at radius 3 is 2.64 bits per heavy atom. The van der Waals surface area contributed by atoms with Gasteiger partial charge in [0.05, 0.1) is 17.9 Å². The second-order valence-corrected chi connectivity index (χ2v) is 3.43. The normalized spacial score (nSPS) is 10.4. The Morgan fingerprint density at radius 2 is 2.00 bits per heavy atom. The summed E-state index contributed by atoms with van der Waals surface area (Å²) in [7, 11) is 0. The molecule has 14 heavy (non-hydrogen) atoms. The number of pyridine rings is 1. The van der Waals surface area contributed by atoms with E-state index < -0.39 is 0 Å². The van der Waals surface area contributed by atoms with Crippen LogP contribution in [0.3, 0.4) is 0 Å². The lowest BCUT2D eigenvalue weighted by atomic mass is 10.3. The van der Waals surface area contributed by atoms with Crippen molar-refractivity contribution in [2.24, 2.45) is 0 Å². The maximum atomic E-state index is 4.42. The van der Waals surface area contributed by atoms with Crippen LogP contribution in [-0.4, -0.2) is 14.8 Å². The monoisotopic (exact) mass is 187 g/mol. The molecule has 0 unspecified atom stereocenters. The van der Waals surface area contributed by atoms with Crippen LogP contribution in [0.25, 0.3) is 0 Å². The molecule has 0 radical (unpaired) electrons. The van der Waals surface area contributed by atoms with Crippen molar-refractivity contribution in [1.82, 2.24) is 14.8 Å². The highest BCUT2D eigenvalue weighted by molar-refractivity contribution is 5.10. The molecule has 0 amide bonds. The number of hydrogen-bond donors (Lipinski definition) is 0. The molecule has 2 heterocycles. The summed E-state index contributed by atoms with van der Waals surface area (Å²) >= 11 is 0. The molecule has 2 rings (SSSR count). The molecule has 0 aliphatic heterocycles. The van der Waals surface area contributed by atoms with Crippen LogP contribution in [0.5, 0.6) is 0 Å². The van der Waals surface area contributed by atoms with E-state index in [1.54, 1.807) is 0 Å². The van der Waals surface area contributed by atoms with Gasteiger partial charge >= 0.3 is 0 Å². The first-order chi connectivity index (χ1) is 6.74. The molecule has 0 spiro atoms. The highest BCUT2D eigenvalue weighted by Gasteiger charge is 1.97. The summed E-state index contributed by atoms with van der Waals surface area (Å²) < 4.78 is 1.90. The molecule has 3 heteroatoms. The molecule has 0 bridgehead atoms. The summed E-state index contributed by atoms with van der Waals surface area (Å²) in [5.74, 6) is 0. The van der Waals surface area contributed by atoms with Crippen LogP contribution in [0.15, 0.2) is 30.5 Å². The van der Waals surface area contributed by atoms with E-state index in [1.165, 1.54) is 0 Å². The van der Waals surface area contributed by atoms with Crippen LogP contribution in [-0.2, 0) is 6.54 Å². The number of hydrogen-bond acceptors (Lipinski definition) is 2. The maximum absolute atomic E-state index is 4.42. The fourth-order valence-corrected chi connectivity index (χ4v) is 1.40. The summed E-state index contributed by atoms with van der Waals surface area (Å²) in [6.07, 6.45) is 1.97. The Bertz CT molecular complexity index is 432. The van der Waals surface area contributed by atoms with Crippen LogP contribution in [0.4, 0.5) is 0 Å². The Morgan fingerprint density at radius 1 is 1.14 bits per heavy atom.